The van der Waals surface area contributed by atoms with Crippen molar-refractivity contribution in [1.82, 2.24) is 0 Å². The predicted molar refractivity (Wildman–Crippen MR) is 285 cm³/mol. The molecule has 0 aromatic rings. The second kappa shape index (κ2) is 47.2. The highest BCUT2D eigenvalue weighted by Crippen LogP contribution is 2.26. The zero-order valence-corrected chi connectivity index (χ0v) is 44.4. The molecular formula is C59H98O12. The molecule has 0 radical (unpaired) electrons. The van der Waals surface area contributed by atoms with Gasteiger partial charge >= 0.3 is 23.9 Å². The molecule has 0 saturated carbocycles. The van der Waals surface area contributed by atoms with Crippen LogP contribution in [0.1, 0.15) is 226 Å². The Morgan fingerprint density at radius 3 is 1.39 bits per heavy atom. The minimum atomic E-state index is -1.91. The maximum absolute atomic E-state index is 13.0. The molecule has 1 heterocycles. The van der Waals surface area contributed by atoms with Crippen molar-refractivity contribution < 1.29 is 58.2 Å². The van der Waals surface area contributed by atoms with Crippen molar-refractivity contribution in [2.75, 3.05) is 13.2 Å². The lowest BCUT2D eigenvalue weighted by Crippen LogP contribution is -2.61. The monoisotopic (exact) mass is 999 g/mol. The zero-order valence-electron chi connectivity index (χ0n) is 44.4. The second-order valence-electron chi connectivity index (χ2n) is 18.8. The molecule has 1 rings (SSSR count). The van der Waals surface area contributed by atoms with Gasteiger partial charge in [-0.25, -0.2) is 4.79 Å². The van der Waals surface area contributed by atoms with E-state index in [-0.39, 0.29) is 25.9 Å². The fourth-order valence-corrected chi connectivity index (χ4v) is 7.98. The van der Waals surface area contributed by atoms with Crippen LogP contribution < -0.4 is 0 Å². The molecule has 71 heavy (non-hydrogen) atoms. The number of rotatable bonds is 46. The molecule has 1 fully saturated rings. The first-order valence-corrected chi connectivity index (χ1v) is 27.9. The number of aliphatic carboxylic acids is 1. The molecule has 0 aliphatic carbocycles. The summed E-state index contributed by atoms with van der Waals surface area (Å²) >= 11 is 0. The van der Waals surface area contributed by atoms with Crippen LogP contribution in [0.15, 0.2) is 72.9 Å². The van der Waals surface area contributed by atoms with Gasteiger partial charge in [-0.3, -0.25) is 14.4 Å². The summed E-state index contributed by atoms with van der Waals surface area (Å²) in [4.78, 5) is 50.9. The number of carbonyl (C=O) groups is 4. The lowest BCUT2D eigenvalue weighted by molar-refractivity contribution is -0.301. The number of aliphatic hydroxyl groups is 2. The highest BCUT2D eigenvalue weighted by atomic mass is 16.7. The number of carboxylic acids is 1. The van der Waals surface area contributed by atoms with Gasteiger partial charge in [0.2, 0.25) is 0 Å². The van der Waals surface area contributed by atoms with E-state index in [2.05, 4.69) is 93.7 Å². The molecule has 1 aliphatic rings. The summed E-state index contributed by atoms with van der Waals surface area (Å²) in [6.07, 6.45) is 46.1. The standard InChI is InChI=1S/C59H98O12/c1-4-7-10-13-16-19-21-23-24-25-26-27-28-30-31-34-36-39-42-45-51(60)67-48-50(69-52(61)46-43-40-37-33-18-15-12-9-6-3)49-68-59-57(55(64)54(63)56(71-59)58(65)66)70-53(62)47-44-41-38-35-32-29-22-20-17-14-11-8-5-2/h8,11,16-17,19-20,23-24,26-27,29,32,50,54-57,59,63-64H,4-7,9-10,12-15,18,21-22,25,28,30-31,33-49H2,1-3H3,(H,65,66)/b11-8-,19-16-,20-17-,24-23-,27-26-,32-29-. The van der Waals surface area contributed by atoms with E-state index in [4.69, 9.17) is 23.7 Å². The Bertz CT molecular complexity index is 1510. The van der Waals surface area contributed by atoms with Gasteiger partial charge in [0.25, 0.3) is 0 Å². The van der Waals surface area contributed by atoms with E-state index >= 15 is 0 Å². The van der Waals surface area contributed by atoms with Crippen LogP contribution in [-0.4, -0.2) is 89.2 Å². The zero-order chi connectivity index (χ0) is 51.8. The fraction of sp³-hybridized carbons (Fsp3) is 0.729. The maximum atomic E-state index is 13.0. The molecular weight excluding hydrogens is 901 g/mol. The number of carboxylic acid groups (broad SMARTS) is 1. The van der Waals surface area contributed by atoms with E-state index in [1.807, 2.05) is 0 Å². The van der Waals surface area contributed by atoms with Crippen LogP contribution in [0.3, 0.4) is 0 Å². The van der Waals surface area contributed by atoms with Crippen molar-refractivity contribution in [2.24, 2.45) is 0 Å². The van der Waals surface area contributed by atoms with Gasteiger partial charge in [-0.05, 0) is 89.9 Å². The summed E-state index contributed by atoms with van der Waals surface area (Å²) in [5.41, 5.74) is 0. The molecule has 3 N–H and O–H groups in total. The van der Waals surface area contributed by atoms with Crippen LogP contribution in [0, 0.1) is 0 Å². The molecule has 1 aliphatic heterocycles. The van der Waals surface area contributed by atoms with Crippen molar-refractivity contribution >= 4 is 23.9 Å². The summed E-state index contributed by atoms with van der Waals surface area (Å²) in [5, 5.41) is 31.3. The number of unbranched alkanes of at least 4 members (excludes halogenated alkanes) is 20. The van der Waals surface area contributed by atoms with Crippen LogP contribution in [0.5, 0.6) is 0 Å². The number of aliphatic hydroxyl groups excluding tert-OH is 2. The third kappa shape index (κ3) is 37.6. The Labute approximate surface area is 429 Å². The average molecular weight is 999 g/mol. The first-order chi connectivity index (χ1) is 34.6. The highest BCUT2D eigenvalue weighted by Gasteiger charge is 2.50. The summed E-state index contributed by atoms with van der Waals surface area (Å²) < 4.78 is 28.3. The smallest absolute Gasteiger partial charge is 0.335 e. The molecule has 0 aromatic carbocycles. The first-order valence-electron chi connectivity index (χ1n) is 27.9. The first kappa shape index (κ1) is 65.2. The van der Waals surface area contributed by atoms with Crippen LogP contribution in [0.25, 0.3) is 0 Å². The Morgan fingerprint density at radius 1 is 0.479 bits per heavy atom. The van der Waals surface area contributed by atoms with E-state index in [0.29, 0.717) is 19.3 Å². The van der Waals surface area contributed by atoms with Gasteiger partial charge in [-0.1, -0.05) is 190 Å². The number of hydrogen-bond donors (Lipinski definition) is 3. The predicted octanol–water partition coefficient (Wildman–Crippen LogP) is 13.8. The molecule has 406 valence electrons. The van der Waals surface area contributed by atoms with Gasteiger partial charge in [0, 0.05) is 19.3 Å². The molecule has 12 nitrogen and oxygen atoms in total. The lowest BCUT2D eigenvalue weighted by atomic mass is 9.98. The highest BCUT2D eigenvalue weighted by molar-refractivity contribution is 5.74. The van der Waals surface area contributed by atoms with Crippen LogP contribution >= 0.6 is 0 Å². The normalized spacial score (nSPS) is 19.0. The Hall–Kier alpha value is -3.84. The number of carbonyl (C=O) groups excluding carboxylic acids is 3. The number of hydrogen-bond acceptors (Lipinski definition) is 11. The third-order valence-electron chi connectivity index (χ3n) is 12.3. The molecule has 1 saturated heterocycles. The number of esters is 3. The van der Waals surface area contributed by atoms with E-state index in [1.54, 1.807) is 0 Å². The summed E-state index contributed by atoms with van der Waals surface area (Å²) in [5.74, 6) is -3.18. The molecule has 6 unspecified atom stereocenters. The SMILES string of the molecule is CC/C=C\C/C=C\C/C=C\CCCCCC(=O)OC1C(OCC(COC(=O)CCCCCCCC/C=C\C/C=C\C/C=C\CCCCC)OC(=O)CCCCCCCCCCC)OC(C(=O)O)C(O)C1O. The van der Waals surface area contributed by atoms with Crippen LogP contribution in [0.2, 0.25) is 0 Å². The molecule has 0 aromatic heterocycles. The minimum Gasteiger partial charge on any atom is -0.479 e. The van der Waals surface area contributed by atoms with Gasteiger partial charge < -0.3 is 39.0 Å². The number of ether oxygens (including phenoxy) is 5. The Kier molecular flexibility index (Phi) is 43.3. The largest absolute Gasteiger partial charge is 0.479 e. The molecule has 6 atom stereocenters. The van der Waals surface area contributed by atoms with E-state index in [0.717, 1.165) is 109 Å². The fourth-order valence-electron chi connectivity index (χ4n) is 7.98. The molecule has 0 spiro atoms. The molecule has 0 bridgehead atoms. The van der Waals surface area contributed by atoms with E-state index in [9.17, 15) is 34.5 Å². The average Bonchev–Trinajstić information content (AvgIpc) is 3.35. The van der Waals surface area contributed by atoms with Gasteiger partial charge in [-0.15, -0.1) is 0 Å². The van der Waals surface area contributed by atoms with Crippen LogP contribution in [-0.2, 0) is 42.9 Å². The van der Waals surface area contributed by atoms with Crippen LogP contribution in [0.4, 0.5) is 0 Å². The van der Waals surface area contributed by atoms with E-state index in [1.165, 1.54) is 57.8 Å². The maximum Gasteiger partial charge on any atom is 0.335 e. The van der Waals surface area contributed by atoms with Crippen molar-refractivity contribution in [1.29, 1.82) is 0 Å². The number of allylic oxidation sites excluding steroid dienone is 12. The quantitative estimate of drug-likeness (QED) is 0.0228. The Morgan fingerprint density at radius 2 is 0.887 bits per heavy atom. The summed E-state index contributed by atoms with van der Waals surface area (Å²) in [6, 6.07) is 0. The van der Waals surface area contributed by atoms with Crippen molar-refractivity contribution in [2.45, 2.75) is 263 Å². The Balaban J connectivity index is 2.68. The third-order valence-corrected chi connectivity index (χ3v) is 12.3. The molecule has 12 heteroatoms. The topological polar surface area (TPSA) is 175 Å². The van der Waals surface area contributed by atoms with E-state index < -0.39 is 67.3 Å². The van der Waals surface area contributed by atoms with Crippen molar-refractivity contribution in [3.05, 3.63) is 72.9 Å². The van der Waals surface area contributed by atoms with Gasteiger partial charge in [0.1, 0.15) is 18.8 Å². The summed E-state index contributed by atoms with van der Waals surface area (Å²) in [6.45, 7) is 5.78. The lowest BCUT2D eigenvalue weighted by Gasteiger charge is -2.40. The van der Waals surface area contributed by atoms with Crippen molar-refractivity contribution in [3.63, 3.8) is 0 Å². The van der Waals surface area contributed by atoms with Crippen molar-refractivity contribution in [3.8, 4) is 0 Å². The van der Waals surface area contributed by atoms with Gasteiger partial charge in [0.15, 0.2) is 24.6 Å². The van der Waals surface area contributed by atoms with Gasteiger partial charge in [0.05, 0.1) is 6.61 Å². The minimum absolute atomic E-state index is 0.0228. The molecule has 0 amide bonds. The summed E-state index contributed by atoms with van der Waals surface area (Å²) in [7, 11) is 0. The van der Waals surface area contributed by atoms with Gasteiger partial charge in [-0.2, -0.15) is 0 Å². The second-order valence-corrected chi connectivity index (χ2v) is 18.8.